The van der Waals surface area contributed by atoms with Gasteiger partial charge >= 0.3 is 0 Å². The van der Waals surface area contributed by atoms with Crippen LogP contribution in [0.2, 0.25) is 18.1 Å². The molecule has 1 rings (SSSR count). The zero-order valence-corrected chi connectivity index (χ0v) is 15.6. The highest BCUT2D eigenvalue weighted by Crippen LogP contribution is 2.38. The number of benzene rings is 1. The van der Waals surface area contributed by atoms with Gasteiger partial charge in [-0.3, -0.25) is 0 Å². The fourth-order valence-electron chi connectivity index (χ4n) is 2.12. The van der Waals surface area contributed by atoms with Gasteiger partial charge in [0, 0.05) is 18.4 Å². The summed E-state index contributed by atoms with van der Waals surface area (Å²) in [6, 6.07) is 10.2. The molecule has 1 unspecified atom stereocenters. The van der Waals surface area contributed by atoms with Crippen molar-refractivity contribution in [3.05, 3.63) is 35.9 Å². The molecule has 0 aliphatic heterocycles. The van der Waals surface area contributed by atoms with Crippen LogP contribution in [0.4, 0.5) is 0 Å². The molecule has 1 aromatic carbocycles. The number of terminal acetylenes is 1. The van der Waals surface area contributed by atoms with Crippen molar-refractivity contribution in [2.24, 2.45) is 5.41 Å². The van der Waals surface area contributed by atoms with E-state index < -0.39 is 13.7 Å². The lowest BCUT2D eigenvalue weighted by molar-refractivity contribution is 0.0637. The SMILES string of the molecule is C#CCC(CO)(CO[Si](C)(C)C(C)(C)C)Cc1ccccc1. The van der Waals surface area contributed by atoms with Gasteiger partial charge in [0.2, 0.25) is 0 Å². The van der Waals surface area contributed by atoms with Crippen LogP contribution < -0.4 is 0 Å². The third kappa shape index (κ3) is 4.98. The van der Waals surface area contributed by atoms with Gasteiger partial charge in [0.05, 0.1) is 6.61 Å². The summed E-state index contributed by atoms with van der Waals surface area (Å²) in [7, 11) is -1.86. The van der Waals surface area contributed by atoms with Crippen LogP contribution in [0.3, 0.4) is 0 Å². The molecule has 0 heterocycles. The molecule has 2 nitrogen and oxygen atoms in total. The molecule has 22 heavy (non-hydrogen) atoms. The van der Waals surface area contributed by atoms with E-state index in [1.165, 1.54) is 5.56 Å². The average Bonchev–Trinajstić information content (AvgIpc) is 2.45. The van der Waals surface area contributed by atoms with Gasteiger partial charge < -0.3 is 9.53 Å². The minimum Gasteiger partial charge on any atom is -0.416 e. The molecule has 0 spiro atoms. The lowest BCUT2D eigenvalue weighted by Gasteiger charge is -2.40. The summed E-state index contributed by atoms with van der Waals surface area (Å²) >= 11 is 0. The van der Waals surface area contributed by atoms with Crippen molar-refractivity contribution >= 4 is 8.32 Å². The molecule has 0 saturated heterocycles. The molecule has 1 aromatic rings. The van der Waals surface area contributed by atoms with Crippen molar-refractivity contribution in [1.82, 2.24) is 0 Å². The minimum atomic E-state index is -1.86. The number of hydrogen-bond acceptors (Lipinski definition) is 2. The highest BCUT2D eigenvalue weighted by molar-refractivity contribution is 6.74. The van der Waals surface area contributed by atoms with Crippen LogP contribution in [0.1, 0.15) is 32.8 Å². The Labute approximate surface area is 137 Å². The monoisotopic (exact) mass is 318 g/mol. The first-order valence-corrected chi connectivity index (χ1v) is 10.8. The third-order valence-corrected chi connectivity index (χ3v) is 9.26. The molecule has 1 N–H and O–H groups in total. The first-order valence-electron chi connectivity index (χ1n) is 7.88. The van der Waals surface area contributed by atoms with E-state index in [9.17, 15) is 5.11 Å². The highest BCUT2D eigenvalue weighted by atomic mass is 28.4. The van der Waals surface area contributed by atoms with Gasteiger partial charge in [0.25, 0.3) is 0 Å². The third-order valence-electron chi connectivity index (χ3n) is 4.78. The Morgan fingerprint density at radius 2 is 1.77 bits per heavy atom. The summed E-state index contributed by atoms with van der Waals surface area (Å²) in [6.45, 7) is 11.7. The maximum Gasteiger partial charge on any atom is 0.192 e. The first kappa shape index (κ1) is 19.0. The summed E-state index contributed by atoms with van der Waals surface area (Å²) in [6.07, 6.45) is 6.82. The quantitative estimate of drug-likeness (QED) is 0.601. The molecule has 122 valence electrons. The van der Waals surface area contributed by atoms with Gasteiger partial charge in [-0.05, 0) is 30.1 Å². The van der Waals surface area contributed by atoms with Crippen LogP contribution >= 0.6 is 0 Å². The van der Waals surface area contributed by atoms with Gasteiger partial charge in [0.15, 0.2) is 8.32 Å². The van der Waals surface area contributed by atoms with Crippen LogP contribution in [0.25, 0.3) is 0 Å². The standard InChI is InChI=1S/C19H30O2Si/c1-7-13-19(15-20,14-17-11-9-8-10-12-17)16-21-22(5,6)18(2,3)4/h1,8-12,20H,13-16H2,2-6H3. The predicted molar refractivity (Wildman–Crippen MR) is 96.3 cm³/mol. The fourth-order valence-corrected chi connectivity index (χ4v) is 3.22. The van der Waals surface area contributed by atoms with Crippen molar-refractivity contribution in [3.8, 4) is 12.3 Å². The maximum absolute atomic E-state index is 10.0. The Bertz CT molecular complexity index is 496. The van der Waals surface area contributed by atoms with E-state index in [0.717, 1.165) is 6.42 Å². The van der Waals surface area contributed by atoms with E-state index in [1.807, 2.05) is 18.2 Å². The molecular formula is C19H30O2Si. The van der Waals surface area contributed by atoms with E-state index in [1.54, 1.807) is 0 Å². The second-order valence-electron chi connectivity index (χ2n) is 7.75. The molecule has 3 heteroatoms. The molecule has 0 aromatic heterocycles. The highest BCUT2D eigenvalue weighted by Gasteiger charge is 2.40. The number of aliphatic hydroxyl groups excluding tert-OH is 1. The van der Waals surface area contributed by atoms with Crippen molar-refractivity contribution in [3.63, 3.8) is 0 Å². The van der Waals surface area contributed by atoms with Gasteiger partial charge in [-0.25, -0.2) is 0 Å². The Morgan fingerprint density at radius 3 is 2.23 bits per heavy atom. The summed E-state index contributed by atoms with van der Waals surface area (Å²) in [4.78, 5) is 0. The number of hydrogen-bond donors (Lipinski definition) is 1. The van der Waals surface area contributed by atoms with Crippen molar-refractivity contribution in [1.29, 1.82) is 0 Å². The zero-order chi connectivity index (χ0) is 16.9. The molecule has 1 atom stereocenters. The molecule has 0 radical (unpaired) electrons. The van der Waals surface area contributed by atoms with Crippen LogP contribution in [-0.2, 0) is 10.8 Å². The van der Waals surface area contributed by atoms with Crippen LogP contribution in [0.15, 0.2) is 30.3 Å². The van der Waals surface area contributed by atoms with Crippen LogP contribution in [0.5, 0.6) is 0 Å². The molecule has 0 saturated carbocycles. The van der Waals surface area contributed by atoms with Crippen molar-refractivity contribution < 1.29 is 9.53 Å². The maximum atomic E-state index is 10.0. The Hall–Kier alpha value is -1.08. The smallest absolute Gasteiger partial charge is 0.192 e. The Balaban J connectivity index is 2.91. The largest absolute Gasteiger partial charge is 0.416 e. The van der Waals surface area contributed by atoms with E-state index in [0.29, 0.717) is 13.0 Å². The lowest BCUT2D eigenvalue weighted by atomic mass is 9.80. The normalized spacial score (nSPS) is 15.1. The summed E-state index contributed by atoms with van der Waals surface area (Å²) in [5, 5.41) is 10.2. The van der Waals surface area contributed by atoms with E-state index in [2.05, 4.69) is 51.9 Å². The molecule has 0 aliphatic carbocycles. The van der Waals surface area contributed by atoms with Gasteiger partial charge in [0.1, 0.15) is 0 Å². The van der Waals surface area contributed by atoms with Crippen molar-refractivity contribution in [2.75, 3.05) is 13.2 Å². The van der Waals surface area contributed by atoms with Crippen molar-refractivity contribution in [2.45, 2.75) is 51.7 Å². The van der Waals surface area contributed by atoms with Gasteiger partial charge in [-0.15, -0.1) is 12.3 Å². The summed E-state index contributed by atoms with van der Waals surface area (Å²) < 4.78 is 6.36. The van der Waals surface area contributed by atoms with E-state index in [-0.39, 0.29) is 11.6 Å². The zero-order valence-electron chi connectivity index (χ0n) is 14.6. The van der Waals surface area contributed by atoms with Crippen LogP contribution in [0, 0.1) is 17.8 Å². The first-order chi connectivity index (χ1) is 10.2. The Kier molecular flexibility index (Phi) is 6.43. The second kappa shape index (κ2) is 7.46. The number of rotatable bonds is 7. The fraction of sp³-hybridized carbons (Fsp3) is 0.579. The molecule has 0 amide bonds. The van der Waals surface area contributed by atoms with E-state index >= 15 is 0 Å². The topological polar surface area (TPSA) is 29.5 Å². The summed E-state index contributed by atoms with van der Waals surface area (Å²) in [5.41, 5.74) is 0.789. The molecule has 0 fully saturated rings. The number of aliphatic hydroxyl groups is 1. The minimum absolute atomic E-state index is 0.0424. The second-order valence-corrected chi connectivity index (χ2v) is 12.6. The molecular weight excluding hydrogens is 288 g/mol. The lowest BCUT2D eigenvalue weighted by Crippen LogP contribution is -2.45. The van der Waals surface area contributed by atoms with Gasteiger partial charge in [-0.1, -0.05) is 51.1 Å². The summed E-state index contributed by atoms with van der Waals surface area (Å²) in [5.74, 6) is 2.73. The van der Waals surface area contributed by atoms with Gasteiger partial charge in [-0.2, -0.15) is 0 Å². The molecule has 0 bridgehead atoms. The average molecular weight is 319 g/mol. The molecule has 0 aliphatic rings. The predicted octanol–water partition coefficient (Wildman–Crippen LogP) is 4.25. The van der Waals surface area contributed by atoms with Crippen LogP contribution in [-0.4, -0.2) is 26.6 Å². The van der Waals surface area contributed by atoms with E-state index in [4.69, 9.17) is 10.8 Å². The Morgan fingerprint density at radius 1 is 1.18 bits per heavy atom.